The van der Waals surface area contributed by atoms with Gasteiger partial charge in [0.05, 0.1) is 0 Å². The molecule has 0 bridgehead atoms. The third-order valence-corrected chi connectivity index (χ3v) is 2.74. The minimum absolute atomic E-state index is 0.164. The van der Waals surface area contributed by atoms with Gasteiger partial charge in [0.15, 0.2) is 0 Å². The summed E-state index contributed by atoms with van der Waals surface area (Å²) in [4.78, 5) is 0. The maximum Gasteiger partial charge on any atom is 0.128 e. The summed E-state index contributed by atoms with van der Waals surface area (Å²) in [6.07, 6.45) is 8.49. The molecule has 1 aliphatic carbocycles. The zero-order valence-corrected chi connectivity index (χ0v) is 7.68. The summed E-state index contributed by atoms with van der Waals surface area (Å²) in [6.45, 7) is 0. The van der Waals surface area contributed by atoms with E-state index in [2.05, 4.69) is 18.2 Å². The van der Waals surface area contributed by atoms with Gasteiger partial charge >= 0.3 is 0 Å². The summed E-state index contributed by atoms with van der Waals surface area (Å²) in [6, 6.07) is 5.83. The Morgan fingerprint density at radius 2 is 2.00 bits per heavy atom. The molecule has 0 saturated carbocycles. The third-order valence-electron chi connectivity index (χ3n) is 2.74. The molecule has 2 N–H and O–H groups in total. The van der Waals surface area contributed by atoms with E-state index < -0.39 is 0 Å². The van der Waals surface area contributed by atoms with E-state index in [1.165, 1.54) is 5.56 Å². The van der Waals surface area contributed by atoms with Crippen molar-refractivity contribution in [1.82, 2.24) is 0 Å². The number of anilines is 1. The first-order valence-corrected chi connectivity index (χ1v) is 4.76. The molecule has 14 heavy (non-hydrogen) atoms. The first-order valence-electron chi connectivity index (χ1n) is 4.76. The second-order valence-electron chi connectivity index (χ2n) is 3.68. The fourth-order valence-electron chi connectivity index (χ4n) is 2.06. The molecule has 2 aliphatic rings. The first kappa shape index (κ1) is 7.68. The Bertz CT molecular complexity index is 434. The number of hydrogen-bond acceptors (Lipinski definition) is 2. The molecule has 0 fully saturated rings. The van der Waals surface area contributed by atoms with E-state index in [9.17, 15) is 0 Å². The number of allylic oxidation sites excluding steroid dienone is 2. The summed E-state index contributed by atoms with van der Waals surface area (Å²) in [7, 11) is 0. The van der Waals surface area contributed by atoms with Crippen LogP contribution in [0.15, 0.2) is 42.5 Å². The van der Waals surface area contributed by atoms with Crippen LogP contribution in [0.2, 0.25) is 0 Å². The summed E-state index contributed by atoms with van der Waals surface area (Å²) in [5.74, 6) is 1.31. The summed E-state index contributed by atoms with van der Waals surface area (Å²) >= 11 is 0. The minimum atomic E-state index is 0.164. The van der Waals surface area contributed by atoms with Gasteiger partial charge in [0, 0.05) is 17.2 Å². The number of fused-ring (bicyclic) bond motifs is 3. The monoisotopic (exact) mass is 185 g/mol. The Kier molecular flexibility index (Phi) is 1.45. The molecule has 1 heterocycles. The van der Waals surface area contributed by atoms with Gasteiger partial charge in [0.1, 0.15) is 11.9 Å². The van der Waals surface area contributed by atoms with Crippen LogP contribution < -0.4 is 10.5 Å². The lowest BCUT2D eigenvalue weighted by molar-refractivity contribution is 0.269. The molecule has 2 heteroatoms. The molecule has 0 radical (unpaired) electrons. The maximum atomic E-state index is 5.77. The van der Waals surface area contributed by atoms with Gasteiger partial charge in [-0.15, -0.1) is 0 Å². The van der Waals surface area contributed by atoms with Gasteiger partial charge in [-0.25, -0.2) is 0 Å². The average Bonchev–Trinajstić information content (AvgIpc) is 2.56. The molecule has 0 amide bonds. The van der Waals surface area contributed by atoms with E-state index in [4.69, 9.17) is 10.5 Å². The van der Waals surface area contributed by atoms with Gasteiger partial charge in [-0.3, -0.25) is 0 Å². The van der Waals surface area contributed by atoms with E-state index in [1.807, 2.05) is 24.3 Å². The highest BCUT2D eigenvalue weighted by atomic mass is 16.5. The fraction of sp³-hybridized carbons (Fsp3) is 0.167. The van der Waals surface area contributed by atoms with Crippen LogP contribution in [0.4, 0.5) is 5.69 Å². The lowest BCUT2D eigenvalue weighted by Gasteiger charge is -2.13. The van der Waals surface area contributed by atoms with Crippen LogP contribution in [-0.4, -0.2) is 6.10 Å². The predicted molar refractivity (Wildman–Crippen MR) is 56.3 cm³/mol. The smallest absolute Gasteiger partial charge is 0.128 e. The van der Waals surface area contributed by atoms with Crippen molar-refractivity contribution in [3.05, 3.63) is 48.1 Å². The highest BCUT2D eigenvalue weighted by Gasteiger charge is 2.31. The standard InChI is InChI=1S/C12H11NO/c13-8-5-6-12-10(7-8)9-3-1-2-4-11(9)14-12/h1-7,9,11H,13H2. The molecule has 3 rings (SSSR count). The van der Waals surface area contributed by atoms with Crippen LogP contribution in [-0.2, 0) is 0 Å². The third kappa shape index (κ3) is 0.970. The average molecular weight is 185 g/mol. The van der Waals surface area contributed by atoms with Gasteiger partial charge < -0.3 is 10.5 Å². The van der Waals surface area contributed by atoms with E-state index in [-0.39, 0.29) is 6.10 Å². The van der Waals surface area contributed by atoms with Gasteiger partial charge in [-0.05, 0) is 24.3 Å². The lowest BCUT2D eigenvalue weighted by atomic mass is 9.92. The van der Waals surface area contributed by atoms with Gasteiger partial charge in [-0.2, -0.15) is 0 Å². The topological polar surface area (TPSA) is 35.2 Å². The number of ether oxygens (including phenoxy) is 1. The number of nitrogens with two attached hydrogens (primary N) is 1. The van der Waals surface area contributed by atoms with Crippen molar-refractivity contribution in [3.8, 4) is 5.75 Å². The molecular formula is C12H11NO. The Balaban J connectivity index is 2.12. The quantitative estimate of drug-likeness (QED) is 0.629. The van der Waals surface area contributed by atoms with Gasteiger partial charge in [-0.1, -0.05) is 18.2 Å². The second-order valence-corrected chi connectivity index (χ2v) is 3.68. The molecule has 2 atom stereocenters. The Labute approximate surface area is 82.7 Å². The van der Waals surface area contributed by atoms with Crippen molar-refractivity contribution in [2.75, 3.05) is 5.73 Å². The number of hydrogen-bond donors (Lipinski definition) is 1. The number of rotatable bonds is 0. The molecule has 70 valence electrons. The van der Waals surface area contributed by atoms with Crippen molar-refractivity contribution in [3.63, 3.8) is 0 Å². The number of benzene rings is 1. The predicted octanol–water partition coefficient (Wildman–Crippen LogP) is 2.24. The second kappa shape index (κ2) is 2.64. The Morgan fingerprint density at radius 1 is 1.14 bits per heavy atom. The molecule has 2 nitrogen and oxygen atoms in total. The van der Waals surface area contributed by atoms with Crippen LogP contribution >= 0.6 is 0 Å². The SMILES string of the molecule is Nc1ccc2c(c1)C1C=CC=CC1O2. The van der Waals surface area contributed by atoms with Crippen LogP contribution in [0.25, 0.3) is 0 Å². The lowest BCUT2D eigenvalue weighted by Crippen LogP contribution is -2.15. The molecule has 1 aliphatic heterocycles. The van der Waals surface area contributed by atoms with E-state index >= 15 is 0 Å². The highest BCUT2D eigenvalue weighted by molar-refractivity contribution is 5.54. The van der Waals surface area contributed by atoms with Crippen molar-refractivity contribution in [2.45, 2.75) is 12.0 Å². The van der Waals surface area contributed by atoms with Crippen LogP contribution in [0.3, 0.4) is 0 Å². The number of nitrogen functional groups attached to an aromatic ring is 1. The largest absolute Gasteiger partial charge is 0.485 e. The van der Waals surface area contributed by atoms with Gasteiger partial charge in [0.25, 0.3) is 0 Å². The normalized spacial score (nSPS) is 26.9. The highest BCUT2D eigenvalue weighted by Crippen LogP contribution is 2.41. The van der Waals surface area contributed by atoms with Crippen LogP contribution in [0, 0.1) is 0 Å². The molecule has 2 unspecified atom stereocenters. The van der Waals surface area contributed by atoms with Crippen molar-refractivity contribution in [2.24, 2.45) is 0 Å². The first-order chi connectivity index (χ1) is 6.84. The van der Waals surface area contributed by atoms with E-state index in [1.54, 1.807) is 0 Å². The fourth-order valence-corrected chi connectivity index (χ4v) is 2.06. The zero-order valence-electron chi connectivity index (χ0n) is 7.68. The van der Waals surface area contributed by atoms with E-state index in [0.29, 0.717) is 5.92 Å². The van der Waals surface area contributed by atoms with Gasteiger partial charge in [0.2, 0.25) is 0 Å². The summed E-state index contributed by atoms with van der Waals surface area (Å²) < 4.78 is 5.77. The molecule has 0 saturated heterocycles. The van der Waals surface area contributed by atoms with Crippen LogP contribution in [0.1, 0.15) is 11.5 Å². The van der Waals surface area contributed by atoms with Crippen molar-refractivity contribution >= 4 is 5.69 Å². The maximum absolute atomic E-state index is 5.77. The zero-order chi connectivity index (χ0) is 9.54. The van der Waals surface area contributed by atoms with Crippen molar-refractivity contribution in [1.29, 1.82) is 0 Å². The molecule has 0 aromatic heterocycles. The summed E-state index contributed by atoms with van der Waals surface area (Å²) in [5, 5.41) is 0. The summed E-state index contributed by atoms with van der Waals surface area (Å²) in [5.41, 5.74) is 7.76. The minimum Gasteiger partial charge on any atom is -0.485 e. The molecule has 1 aromatic rings. The van der Waals surface area contributed by atoms with Crippen LogP contribution in [0.5, 0.6) is 5.75 Å². The van der Waals surface area contributed by atoms with E-state index in [0.717, 1.165) is 11.4 Å². The molecule has 1 aromatic carbocycles. The molecule has 0 spiro atoms. The Morgan fingerprint density at radius 3 is 2.93 bits per heavy atom. The Hall–Kier alpha value is -1.70. The molecular weight excluding hydrogens is 174 g/mol. The van der Waals surface area contributed by atoms with Crippen molar-refractivity contribution < 1.29 is 4.74 Å².